The molecule has 0 bridgehead atoms. The number of carbonyl (C=O) groups excluding carboxylic acids is 2. The highest BCUT2D eigenvalue weighted by atomic mass is 32.1. The Morgan fingerprint density at radius 3 is 2.36 bits per heavy atom. The monoisotopic (exact) mass is 357 g/mol. The van der Waals surface area contributed by atoms with Gasteiger partial charge >= 0.3 is 0 Å². The van der Waals surface area contributed by atoms with Gasteiger partial charge in [0.05, 0.1) is 5.56 Å². The summed E-state index contributed by atoms with van der Waals surface area (Å²) in [4.78, 5) is 30.6. The van der Waals surface area contributed by atoms with Crippen molar-refractivity contribution >= 4 is 28.8 Å². The Bertz CT molecular complexity index is 695. The molecule has 0 N–H and O–H groups in total. The Hall–Kier alpha value is -2.34. The van der Waals surface area contributed by atoms with Gasteiger partial charge in [-0.15, -0.1) is 0 Å². The van der Waals surface area contributed by atoms with Crippen LogP contribution in [0.2, 0.25) is 0 Å². The van der Waals surface area contributed by atoms with Crippen LogP contribution < -0.4 is 4.90 Å². The van der Waals surface area contributed by atoms with E-state index in [2.05, 4.69) is 4.90 Å². The number of carbonyl (C=O) groups is 2. The van der Waals surface area contributed by atoms with Crippen LogP contribution in [-0.4, -0.2) is 61.4 Å². The third kappa shape index (κ3) is 4.39. The Morgan fingerprint density at radius 2 is 1.72 bits per heavy atom. The molecule has 1 saturated heterocycles. The third-order valence-electron chi connectivity index (χ3n) is 4.55. The van der Waals surface area contributed by atoms with E-state index in [1.807, 2.05) is 64.0 Å². The minimum atomic E-state index is 0.0668. The molecule has 1 aliphatic rings. The smallest absolute Gasteiger partial charge is 0.254 e. The number of anilines is 1. The lowest BCUT2D eigenvalue weighted by Gasteiger charge is -2.35. The molecular weight excluding hydrogens is 334 g/mol. The molecule has 0 unspecified atom stereocenters. The van der Waals surface area contributed by atoms with E-state index in [-0.39, 0.29) is 11.8 Å². The maximum absolute atomic E-state index is 12.4. The van der Waals surface area contributed by atoms with Gasteiger partial charge < -0.3 is 14.7 Å². The topological polar surface area (TPSA) is 43.9 Å². The molecule has 0 saturated carbocycles. The number of amides is 2. The summed E-state index contributed by atoms with van der Waals surface area (Å²) < 4.78 is 0. The molecule has 25 heavy (non-hydrogen) atoms. The normalized spacial score (nSPS) is 14.4. The molecule has 1 aromatic heterocycles. The fourth-order valence-electron chi connectivity index (χ4n) is 2.96. The zero-order valence-electron chi connectivity index (χ0n) is 14.4. The number of hydrogen-bond donors (Lipinski definition) is 0. The first-order valence-electron chi connectivity index (χ1n) is 8.50. The maximum Gasteiger partial charge on any atom is 0.254 e. The molecule has 6 heteroatoms. The van der Waals surface area contributed by atoms with Gasteiger partial charge in [-0.2, -0.15) is 11.3 Å². The number of thiophene rings is 1. The molecule has 2 amide bonds. The van der Waals surface area contributed by atoms with Gasteiger partial charge in [0, 0.05) is 57.3 Å². The number of nitrogens with zero attached hydrogens (tertiary/aromatic N) is 3. The zero-order chi connectivity index (χ0) is 17.6. The molecule has 0 radical (unpaired) electrons. The van der Waals surface area contributed by atoms with Crippen molar-refractivity contribution in [3.63, 3.8) is 0 Å². The first kappa shape index (κ1) is 17.5. The Balaban J connectivity index is 1.45. The maximum atomic E-state index is 12.4. The molecule has 0 atom stereocenters. The summed E-state index contributed by atoms with van der Waals surface area (Å²) >= 11 is 1.53. The van der Waals surface area contributed by atoms with Crippen LogP contribution in [0.4, 0.5) is 5.69 Å². The predicted octanol–water partition coefficient (Wildman–Crippen LogP) is 2.56. The van der Waals surface area contributed by atoms with E-state index >= 15 is 0 Å². The lowest BCUT2D eigenvalue weighted by molar-refractivity contribution is -0.132. The van der Waals surface area contributed by atoms with Crippen LogP contribution in [0, 0.1) is 0 Å². The van der Waals surface area contributed by atoms with Crippen molar-refractivity contribution in [1.29, 1.82) is 0 Å². The number of para-hydroxylation sites is 1. The van der Waals surface area contributed by atoms with E-state index in [0.717, 1.165) is 11.3 Å². The fraction of sp³-hybridized carbons (Fsp3) is 0.368. The van der Waals surface area contributed by atoms with Crippen molar-refractivity contribution in [3.05, 3.63) is 52.7 Å². The molecule has 1 fully saturated rings. The van der Waals surface area contributed by atoms with Crippen LogP contribution in [0.3, 0.4) is 0 Å². The average molecular weight is 357 g/mol. The first-order chi connectivity index (χ1) is 12.1. The van der Waals surface area contributed by atoms with E-state index < -0.39 is 0 Å². The third-order valence-corrected chi connectivity index (χ3v) is 5.23. The number of benzene rings is 1. The number of hydrogen-bond acceptors (Lipinski definition) is 4. The number of rotatable bonds is 5. The number of piperazine rings is 1. The van der Waals surface area contributed by atoms with Crippen molar-refractivity contribution in [1.82, 2.24) is 9.80 Å². The van der Waals surface area contributed by atoms with Gasteiger partial charge in [0.15, 0.2) is 0 Å². The summed E-state index contributed by atoms with van der Waals surface area (Å²) in [5.74, 6) is 0.225. The molecule has 3 rings (SSSR count). The quantitative estimate of drug-likeness (QED) is 0.826. The lowest BCUT2D eigenvalue weighted by Crippen LogP contribution is -2.50. The summed E-state index contributed by atoms with van der Waals surface area (Å²) in [6.45, 7) is 3.13. The lowest BCUT2D eigenvalue weighted by atomic mass is 10.2. The minimum absolute atomic E-state index is 0.0668. The molecule has 2 heterocycles. The van der Waals surface area contributed by atoms with Crippen LogP contribution in [0.25, 0.3) is 0 Å². The predicted molar refractivity (Wildman–Crippen MR) is 101 cm³/mol. The molecule has 5 nitrogen and oxygen atoms in total. The van der Waals surface area contributed by atoms with Crippen LogP contribution in [-0.2, 0) is 4.79 Å². The summed E-state index contributed by atoms with van der Waals surface area (Å²) in [6, 6.07) is 11.9. The second-order valence-electron chi connectivity index (χ2n) is 6.19. The van der Waals surface area contributed by atoms with Crippen LogP contribution >= 0.6 is 11.3 Å². The SMILES string of the molecule is CN(CCC(=O)N1CCN(C(=O)c2ccsc2)CC1)c1ccccc1. The molecule has 0 aliphatic carbocycles. The highest BCUT2D eigenvalue weighted by Gasteiger charge is 2.24. The second kappa shape index (κ2) is 8.16. The minimum Gasteiger partial charge on any atom is -0.374 e. The summed E-state index contributed by atoms with van der Waals surface area (Å²) in [5, 5.41) is 3.79. The average Bonchev–Trinajstić information content (AvgIpc) is 3.21. The van der Waals surface area contributed by atoms with E-state index in [1.165, 1.54) is 11.3 Å². The molecule has 1 aromatic carbocycles. The van der Waals surface area contributed by atoms with Crippen molar-refractivity contribution in [2.45, 2.75) is 6.42 Å². The Labute approximate surface area is 152 Å². The van der Waals surface area contributed by atoms with Gasteiger partial charge in [0.1, 0.15) is 0 Å². The Kier molecular flexibility index (Phi) is 5.71. The largest absolute Gasteiger partial charge is 0.374 e. The molecule has 132 valence electrons. The van der Waals surface area contributed by atoms with Crippen LogP contribution in [0.15, 0.2) is 47.2 Å². The molecule has 0 spiro atoms. The van der Waals surface area contributed by atoms with Gasteiger partial charge in [-0.1, -0.05) is 18.2 Å². The second-order valence-corrected chi connectivity index (χ2v) is 6.97. The standard InChI is InChI=1S/C19H23N3O2S/c1-20(17-5-3-2-4-6-17)9-7-18(23)21-10-12-22(13-11-21)19(24)16-8-14-25-15-16/h2-6,8,14-15H,7,9-13H2,1H3. The van der Waals surface area contributed by atoms with Crippen molar-refractivity contribution < 1.29 is 9.59 Å². The van der Waals surface area contributed by atoms with Gasteiger partial charge in [0.2, 0.25) is 5.91 Å². The summed E-state index contributed by atoms with van der Waals surface area (Å²) in [7, 11) is 2.00. The van der Waals surface area contributed by atoms with Gasteiger partial charge in [-0.05, 0) is 23.6 Å². The van der Waals surface area contributed by atoms with Crippen molar-refractivity contribution in [2.24, 2.45) is 0 Å². The molecule has 1 aliphatic heterocycles. The highest BCUT2D eigenvalue weighted by molar-refractivity contribution is 7.08. The molecular formula is C19H23N3O2S. The Morgan fingerprint density at radius 1 is 1.04 bits per heavy atom. The summed E-state index contributed by atoms with van der Waals surface area (Å²) in [5.41, 5.74) is 1.86. The van der Waals surface area contributed by atoms with Gasteiger partial charge in [-0.3, -0.25) is 9.59 Å². The van der Waals surface area contributed by atoms with E-state index in [1.54, 1.807) is 0 Å². The van der Waals surface area contributed by atoms with E-state index in [0.29, 0.717) is 39.1 Å². The fourth-order valence-corrected chi connectivity index (χ4v) is 3.59. The van der Waals surface area contributed by atoms with Crippen molar-refractivity contribution in [2.75, 3.05) is 44.7 Å². The van der Waals surface area contributed by atoms with E-state index in [4.69, 9.17) is 0 Å². The molecule has 2 aromatic rings. The summed E-state index contributed by atoms with van der Waals surface area (Å²) in [6.07, 6.45) is 0.490. The van der Waals surface area contributed by atoms with E-state index in [9.17, 15) is 9.59 Å². The van der Waals surface area contributed by atoms with Crippen molar-refractivity contribution in [3.8, 4) is 0 Å². The van der Waals surface area contributed by atoms with Gasteiger partial charge in [0.25, 0.3) is 5.91 Å². The first-order valence-corrected chi connectivity index (χ1v) is 9.45. The van der Waals surface area contributed by atoms with Gasteiger partial charge in [-0.25, -0.2) is 0 Å². The van der Waals surface area contributed by atoms with Crippen LogP contribution in [0.1, 0.15) is 16.8 Å². The van der Waals surface area contributed by atoms with Crippen LogP contribution in [0.5, 0.6) is 0 Å². The highest BCUT2D eigenvalue weighted by Crippen LogP contribution is 2.14. The zero-order valence-corrected chi connectivity index (χ0v) is 15.2.